The van der Waals surface area contributed by atoms with Crippen LogP contribution in [0.5, 0.6) is 0 Å². The number of rotatable bonds is 8. The highest BCUT2D eigenvalue weighted by Gasteiger charge is 2.21. The average Bonchev–Trinajstić information content (AvgIpc) is 3.03. The van der Waals surface area contributed by atoms with Gasteiger partial charge in [-0.05, 0) is 18.8 Å². The van der Waals surface area contributed by atoms with Gasteiger partial charge in [-0.2, -0.15) is 0 Å². The highest BCUT2D eigenvalue weighted by Crippen LogP contribution is 2.28. The molecule has 2 rings (SSSR count). The average molecular weight is 240 g/mol. The first-order chi connectivity index (χ1) is 8.25. The Bertz CT molecular complexity index is 338. The summed E-state index contributed by atoms with van der Waals surface area (Å²) in [5.41, 5.74) is 0. The molecule has 0 aliphatic heterocycles. The lowest BCUT2D eigenvalue weighted by molar-refractivity contribution is 0.0323. The van der Waals surface area contributed by atoms with Crippen LogP contribution in [0.15, 0.2) is 6.33 Å². The van der Waals surface area contributed by atoms with Crippen molar-refractivity contribution in [2.75, 3.05) is 19.8 Å². The van der Waals surface area contributed by atoms with E-state index in [-0.39, 0.29) is 0 Å². The number of aliphatic hydroxyl groups is 1. The fraction of sp³-hybridized carbons (Fsp3) is 0.818. The lowest BCUT2D eigenvalue weighted by Gasteiger charge is -2.11. The fourth-order valence-corrected chi connectivity index (χ4v) is 1.53. The molecule has 1 fully saturated rings. The Balaban J connectivity index is 1.53. The molecule has 0 aromatic carbocycles. The van der Waals surface area contributed by atoms with E-state index < -0.39 is 6.10 Å². The van der Waals surface area contributed by atoms with Crippen LogP contribution in [-0.4, -0.2) is 45.7 Å². The highest BCUT2D eigenvalue weighted by molar-refractivity contribution is 4.83. The molecule has 6 heteroatoms. The second-order valence-electron chi connectivity index (χ2n) is 4.62. The maximum atomic E-state index is 9.65. The summed E-state index contributed by atoms with van der Waals surface area (Å²) in [7, 11) is 1.90. The van der Waals surface area contributed by atoms with Gasteiger partial charge in [-0.15, -0.1) is 10.2 Å². The van der Waals surface area contributed by atoms with Crippen LogP contribution in [0.2, 0.25) is 0 Å². The maximum Gasteiger partial charge on any atom is 0.146 e. The van der Waals surface area contributed by atoms with Gasteiger partial charge in [0.05, 0.1) is 19.3 Å². The zero-order chi connectivity index (χ0) is 12.1. The molecule has 1 aliphatic carbocycles. The van der Waals surface area contributed by atoms with Crippen molar-refractivity contribution in [3.8, 4) is 0 Å². The number of nitrogens with one attached hydrogen (secondary N) is 1. The third-order valence-electron chi connectivity index (χ3n) is 2.83. The van der Waals surface area contributed by atoms with E-state index >= 15 is 0 Å². The van der Waals surface area contributed by atoms with Crippen LogP contribution in [0.25, 0.3) is 0 Å². The first-order valence-corrected chi connectivity index (χ1v) is 6.05. The first kappa shape index (κ1) is 12.5. The molecule has 0 saturated heterocycles. The van der Waals surface area contributed by atoms with Crippen LogP contribution in [-0.2, 0) is 18.3 Å². The predicted octanol–water partition coefficient (Wildman–Crippen LogP) is -0.308. The molecule has 6 nitrogen and oxygen atoms in total. The van der Waals surface area contributed by atoms with Crippen LogP contribution in [0, 0.1) is 5.92 Å². The standard InChI is InChI=1S/C11H20N4O2/c1-15-8-13-14-11(15)5-12-4-10(16)7-17-6-9-2-3-9/h8-10,12,16H,2-7H2,1H3. The molecule has 17 heavy (non-hydrogen) atoms. The molecule has 1 atom stereocenters. The van der Waals surface area contributed by atoms with Crippen LogP contribution < -0.4 is 5.32 Å². The normalized spacial score (nSPS) is 17.3. The summed E-state index contributed by atoms with van der Waals surface area (Å²) in [5.74, 6) is 1.60. The third kappa shape index (κ3) is 4.41. The van der Waals surface area contributed by atoms with E-state index in [1.165, 1.54) is 12.8 Å². The molecule has 0 spiro atoms. The summed E-state index contributed by atoms with van der Waals surface area (Å²) in [6.45, 7) is 2.32. The van der Waals surface area contributed by atoms with Gasteiger partial charge in [0.2, 0.25) is 0 Å². The number of aryl methyl sites for hydroxylation is 1. The maximum absolute atomic E-state index is 9.65. The lowest BCUT2D eigenvalue weighted by Crippen LogP contribution is -2.31. The molecule has 0 bridgehead atoms. The van der Waals surface area contributed by atoms with Gasteiger partial charge in [0.15, 0.2) is 0 Å². The van der Waals surface area contributed by atoms with Gasteiger partial charge >= 0.3 is 0 Å². The van der Waals surface area contributed by atoms with E-state index in [1.54, 1.807) is 6.33 Å². The number of hydrogen-bond acceptors (Lipinski definition) is 5. The van der Waals surface area contributed by atoms with Crippen molar-refractivity contribution in [1.29, 1.82) is 0 Å². The van der Waals surface area contributed by atoms with E-state index in [0.717, 1.165) is 18.3 Å². The summed E-state index contributed by atoms with van der Waals surface area (Å²) in [6.07, 6.45) is 3.76. The van der Waals surface area contributed by atoms with Crippen molar-refractivity contribution in [1.82, 2.24) is 20.1 Å². The van der Waals surface area contributed by atoms with Gasteiger partial charge in [0.25, 0.3) is 0 Å². The molecule has 2 N–H and O–H groups in total. The summed E-state index contributed by atoms with van der Waals surface area (Å²) in [6, 6.07) is 0. The topological polar surface area (TPSA) is 72.2 Å². The molecule has 1 unspecified atom stereocenters. The minimum Gasteiger partial charge on any atom is -0.389 e. The Morgan fingerprint density at radius 1 is 1.65 bits per heavy atom. The summed E-state index contributed by atoms with van der Waals surface area (Å²) in [5, 5.41) is 20.5. The van der Waals surface area contributed by atoms with Crippen molar-refractivity contribution >= 4 is 0 Å². The van der Waals surface area contributed by atoms with Gasteiger partial charge in [-0.25, -0.2) is 0 Å². The van der Waals surface area contributed by atoms with Crippen LogP contribution in [0.1, 0.15) is 18.7 Å². The van der Waals surface area contributed by atoms with E-state index in [1.807, 2.05) is 11.6 Å². The first-order valence-electron chi connectivity index (χ1n) is 6.05. The zero-order valence-corrected chi connectivity index (χ0v) is 10.2. The second-order valence-corrected chi connectivity index (χ2v) is 4.62. The zero-order valence-electron chi connectivity index (χ0n) is 10.2. The predicted molar refractivity (Wildman–Crippen MR) is 62.3 cm³/mol. The van der Waals surface area contributed by atoms with Crippen molar-refractivity contribution in [2.24, 2.45) is 13.0 Å². The molecular formula is C11H20N4O2. The Kier molecular flexibility index (Phi) is 4.47. The van der Waals surface area contributed by atoms with E-state index in [9.17, 15) is 5.11 Å². The minimum atomic E-state index is -0.457. The fourth-order valence-electron chi connectivity index (χ4n) is 1.53. The number of ether oxygens (including phenoxy) is 1. The molecule has 1 aromatic rings. The Morgan fingerprint density at radius 2 is 2.47 bits per heavy atom. The van der Waals surface area contributed by atoms with Gasteiger partial charge < -0.3 is 19.7 Å². The summed E-state index contributed by atoms with van der Waals surface area (Å²) >= 11 is 0. The van der Waals surface area contributed by atoms with Crippen molar-refractivity contribution < 1.29 is 9.84 Å². The molecule has 1 heterocycles. The van der Waals surface area contributed by atoms with E-state index in [4.69, 9.17) is 4.74 Å². The SMILES string of the molecule is Cn1cnnc1CNCC(O)COCC1CC1. The Morgan fingerprint density at radius 3 is 3.12 bits per heavy atom. The summed E-state index contributed by atoms with van der Waals surface area (Å²) < 4.78 is 7.26. The lowest BCUT2D eigenvalue weighted by atomic mass is 10.3. The second kappa shape index (κ2) is 6.09. The van der Waals surface area contributed by atoms with Crippen molar-refractivity contribution in [2.45, 2.75) is 25.5 Å². The smallest absolute Gasteiger partial charge is 0.146 e. The van der Waals surface area contributed by atoms with E-state index in [2.05, 4.69) is 15.5 Å². The van der Waals surface area contributed by atoms with Gasteiger partial charge in [-0.1, -0.05) is 0 Å². The largest absolute Gasteiger partial charge is 0.389 e. The Labute approximate surface area is 101 Å². The number of hydrogen-bond donors (Lipinski definition) is 2. The number of aromatic nitrogens is 3. The molecular weight excluding hydrogens is 220 g/mol. The highest BCUT2D eigenvalue weighted by atomic mass is 16.5. The van der Waals surface area contributed by atoms with E-state index in [0.29, 0.717) is 19.7 Å². The number of aliphatic hydroxyl groups excluding tert-OH is 1. The Hall–Kier alpha value is -0.980. The molecule has 1 aromatic heterocycles. The van der Waals surface area contributed by atoms with Gasteiger partial charge in [0, 0.05) is 20.2 Å². The molecule has 1 saturated carbocycles. The van der Waals surface area contributed by atoms with Gasteiger partial charge in [-0.3, -0.25) is 0 Å². The van der Waals surface area contributed by atoms with Crippen LogP contribution in [0.3, 0.4) is 0 Å². The molecule has 96 valence electrons. The monoisotopic (exact) mass is 240 g/mol. The van der Waals surface area contributed by atoms with Crippen LogP contribution >= 0.6 is 0 Å². The number of nitrogens with zero attached hydrogens (tertiary/aromatic N) is 3. The van der Waals surface area contributed by atoms with Crippen molar-refractivity contribution in [3.05, 3.63) is 12.2 Å². The van der Waals surface area contributed by atoms with Gasteiger partial charge in [0.1, 0.15) is 12.2 Å². The minimum absolute atomic E-state index is 0.405. The third-order valence-corrected chi connectivity index (χ3v) is 2.83. The molecule has 0 amide bonds. The molecule has 1 aliphatic rings. The quantitative estimate of drug-likeness (QED) is 0.652. The van der Waals surface area contributed by atoms with Crippen LogP contribution in [0.4, 0.5) is 0 Å². The van der Waals surface area contributed by atoms with Crippen molar-refractivity contribution in [3.63, 3.8) is 0 Å². The summed E-state index contributed by atoms with van der Waals surface area (Å²) in [4.78, 5) is 0. The molecule has 0 radical (unpaired) electrons.